The van der Waals surface area contributed by atoms with E-state index in [1.807, 2.05) is 30.3 Å². The van der Waals surface area contributed by atoms with Crippen molar-refractivity contribution in [3.05, 3.63) is 65.7 Å². The molecule has 2 aromatic rings. The summed E-state index contributed by atoms with van der Waals surface area (Å²) in [6, 6.07) is 15.5. The van der Waals surface area contributed by atoms with Crippen molar-refractivity contribution in [3.63, 3.8) is 0 Å². The van der Waals surface area contributed by atoms with Gasteiger partial charge < -0.3 is 15.2 Å². The zero-order valence-electron chi connectivity index (χ0n) is 11.3. The smallest absolute Gasteiger partial charge is 0.344 e. The lowest BCUT2D eigenvalue weighted by atomic mass is 10.2. The third kappa shape index (κ3) is 4.65. The molecule has 0 aliphatic rings. The minimum Gasteiger partial charge on any atom is -0.458 e. The fourth-order valence-corrected chi connectivity index (χ4v) is 1.61. The van der Waals surface area contributed by atoms with E-state index in [1.165, 1.54) is 12.1 Å². The topological polar surface area (TPSA) is 78.6 Å². The summed E-state index contributed by atoms with van der Waals surface area (Å²) in [4.78, 5) is 23.2. The highest BCUT2D eigenvalue weighted by Gasteiger charge is 2.10. The molecule has 2 rings (SSSR count). The first-order valence-corrected chi connectivity index (χ1v) is 6.37. The van der Waals surface area contributed by atoms with Gasteiger partial charge in [-0.05, 0) is 29.8 Å². The Morgan fingerprint density at radius 1 is 0.905 bits per heavy atom. The molecule has 0 aliphatic heterocycles. The van der Waals surface area contributed by atoms with Gasteiger partial charge in [0.15, 0.2) is 6.61 Å². The quantitative estimate of drug-likeness (QED) is 0.673. The van der Waals surface area contributed by atoms with Crippen LogP contribution < -0.4 is 5.73 Å². The lowest BCUT2D eigenvalue weighted by molar-refractivity contribution is -0.148. The fourth-order valence-electron chi connectivity index (χ4n) is 1.61. The van der Waals surface area contributed by atoms with E-state index >= 15 is 0 Å². The second-order valence-electron chi connectivity index (χ2n) is 4.34. The minimum absolute atomic E-state index is 0.152. The number of rotatable bonds is 5. The number of hydrogen-bond donors (Lipinski definition) is 1. The summed E-state index contributed by atoms with van der Waals surface area (Å²) in [7, 11) is 0. The van der Waals surface area contributed by atoms with Crippen molar-refractivity contribution < 1.29 is 19.1 Å². The summed E-state index contributed by atoms with van der Waals surface area (Å²) >= 11 is 0. The maximum atomic E-state index is 11.7. The van der Waals surface area contributed by atoms with Gasteiger partial charge in [0, 0.05) is 5.69 Å². The third-order valence-electron chi connectivity index (χ3n) is 2.71. The number of anilines is 1. The molecule has 5 nitrogen and oxygen atoms in total. The van der Waals surface area contributed by atoms with Crippen molar-refractivity contribution in [1.82, 2.24) is 0 Å². The van der Waals surface area contributed by atoms with E-state index in [1.54, 1.807) is 12.1 Å². The zero-order chi connectivity index (χ0) is 15.1. The summed E-state index contributed by atoms with van der Waals surface area (Å²) in [5.41, 5.74) is 7.27. The van der Waals surface area contributed by atoms with Crippen molar-refractivity contribution in [2.45, 2.75) is 6.61 Å². The number of carbonyl (C=O) groups excluding carboxylic acids is 2. The molecule has 5 heteroatoms. The van der Waals surface area contributed by atoms with Crippen molar-refractivity contribution in [2.75, 3.05) is 12.3 Å². The van der Waals surface area contributed by atoms with Gasteiger partial charge in [-0.15, -0.1) is 0 Å². The largest absolute Gasteiger partial charge is 0.458 e. The molecule has 0 saturated heterocycles. The van der Waals surface area contributed by atoms with Gasteiger partial charge in [-0.1, -0.05) is 30.3 Å². The van der Waals surface area contributed by atoms with Gasteiger partial charge in [0.05, 0.1) is 5.56 Å². The summed E-state index contributed by atoms with van der Waals surface area (Å²) in [5, 5.41) is 0. The van der Waals surface area contributed by atoms with Gasteiger partial charge in [-0.2, -0.15) is 0 Å². The molecule has 0 saturated carbocycles. The monoisotopic (exact) mass is 285 g/mol. The predicted octanol–water partition coefficient (Wildman–Crippen LogP) is 2.17. The second kappa shape index (κ2) is 7.09. The molecule has 2 aromatic carbocycles. The maximum Gasteiger partial charge on any atom is 0.344 e. The molecule has 0 aliphatic carbocycles. The Morgan fingerprint density at radius 2 is 1.57 bits per heavy atom. The van der Waals surface area contributed by atoms with E-state index in [0.717, 1.165) is 5.56 Å². The number of carbonyl (C=O) groups is 2. The van der Waals surface area contributed by atoms with Crippen LogP contribution in [0, 0.1) is 0 Å². The average Bonchev–Trinajstić information content (AvgIpc) is 2.52. The Kier molecular flexibility index (Phi) is 4.93. The van der Waals surface area contributed by atoms with Gasteiger partial charge in [-0.3, -0.25) is 0 Å². The lowest BCUT2D eigenvalue weighted by Gasteiger charge is -2.06. The molecule has 0 radical (unpaired) electrons. The first-order valence-electron chi connectivity index (χ1n) is 6.37. The molecule has 0 fully saturated rings. The van der Waals surface area contributed by atoms with Crippen LogP contribution in [0.4, 0.5) is 5.69 Å². The van der Waals surface area contributed by atoms with Crippen molar-refractivity contribution >= 4 is 17.6 Å². The van der Waals surface area contributed by atoms with Crippen LogP contribution in [-0.2, 0) is 20.9 Å². The van der Waals surface area contributed by atoms with Gasteiger partial charge in [0.2, 0.25) is 0 Å². The molecular formula is C16H15NO4. The number of ether oxygens (including phenoxy) is 2. The van der Waals surface area contributed by atoms with Crippen LogP contribution in [0.5, 0.6) is 0 Å². The summed E-state index contributed by atoms with van der Waals surface area (Å²) < 4.78 is 9.86. The van der Waals surface area contributed by atoms with Crippen LogP contribution >= 0.6 is 0 Å². The molecule has 108 valence electrons. The number of benzene rings is 2. The molecular weight excluding hydrogens is 270 g/mol. The Balaban J connectivity index is 1.76. The average molecular weight is 285 g/mol. The van der Waals surface area contributed by atoms with Crippen LogP contribution in [-0.4, -0.2) is 18.5 Å². The summed E-state index contributed by atoms with van der Waals surface area (Å²) in [6.07, 6.45) is 0. The molecule has 0 aromatic heterocycles. The summed E-state index contributed by atoms with van der Waals surface area (Å²) in [5.74, 6) is -1.19. The standard InChI is InChI=1S/C16H15NO4/c17-14-8-6-13(7-9-14)16(19)21-11-15(18)20-10-12-4-2-1-3-5-12/h1-9H,10-11,17H2. The number of nitrogens with two attached hydrogens (primary N) is 1. The maximum absolute atomic E-state index is 11.7. The molecule has 21 heavy (non-hydrogen) atoms. The van der Waals surface area contributed by atoms with E-state index in [-0.39, 0.29) is 6.61 Å². The highest BCUT2D eigenvalue weighted by molar-refractivity contribution is 5.91. The van der Waals surface area contributed by atoms with Crippen LogP contribution in [0.25, 0.3) is 0 Å². The highest BCUT2D eigenvalue weighted by atomic mass is 16.6. The molecule has 0 spiro atoms. The van der Waals surface area contributed by atoms with E-state index in [4.69, 9.17) is 15.2 Å². The fraction of sp³-hybridized carbons (Fsp3) is 0.125. The number of hydrogen-bond acceptors (Lipinski definition) is 5. The molecule has 0 unspecified atom stereocenters. The summed E-state index contributed by atoms with van der Waals surface area (Å²) in [6.45, 7) is -0.269. The first kappa shape index (κ1) is 14.6. The van der Waals surface area contributed by atoms with Crippen LogP contribution in [0.1, 0.15) is 15.9 Å². The van der Waals surface area contributed by atoms with Gasteiger partial charge in [0.1, 0.15) is 6.61 Å². The van der Waals surface area contributed by atoms with Crippen molar-refractivity contribution in [2.24, 2.45) is 0 Å². The lowest BCUT2D eigenvalue weighted by Crippen LogP contribution is -2.16. The van der Waals surface area contributed by atoms with Crippen LogP contribution in [0.3, 0.4) is 0 Å². The third-order valence-corrected chi connectivity index (χ3v) is 2.71. The second-order valence-corrected chi connectivity index (χ2v) is 4.34. The van der Waals surface area contributed by atoms with Gasteiger partial charge >= 0.3 is 11.9 Å². The predicted molar refractivity (Wildman–Crippen MR) is 77.4 cm³/mol. The Morgan fingerprint density at radius 3 is 2.24 bits per heavy atom. The SMILES string of the molecule is Nc1ccc(C(=O)OCC(=O)OCc2ccccc2)cc1. The molecule has 0 amide bonds. The zero-order valence-corrected chi connectivity index (χ0v) is 11.3. The number of esters is 2. The molecule has 2 N–H and O–H groups in total. The highest BCUT2D eigenvalue weighted by Crippen LogP contribution is 2.07. The van der Waals surface area contributed by atoms with E-state index in [0.29, 0.717) is 11.3 Å². The molecule has 0 atom stereocenters. The van der Waals surface area contributed by atoms with E-state index in [9.17, 15) is 9.59 Å². The normalized spacial score (nSPS) is 9.90. The Labute approximate surface area is 122 Å². The van der Waals surface area contributed by atoms with Crippen molar-refractivity contribution in [3.8, 4) is 0 Å². The van der Waals surface area contributed by atoms with Gasteiger partial charge in [0.25, 0.3) is 0 Å². The minimum atomic E-state index is -0.595. The van der Waals surface area contributed by atoms with Crippen LogP contribution in [0.15, 0.2) is 54.6 Å². The Hall–Kier alpha value is -2.82. The number of nitrogen functional groups attached to an aromatic ring is 1. The van der Waals surface area contributed by atoms with E-state index in [2.05, 4.69) is 0 Å². The van der Waals surface area contributed by atoms with Gasteiger partial charge in [-0.25, -0.2) is 9.59 Å². The Bertz CT molecular complexity index is 608. The molecule has 0 bridgehead atoms. The van der Waals surface area contributed by atoms with E-state index < -0.39 is 18.5 Å². The van der Waals surface area contributed by atoms with Crippen LogP contribution in [0.2, 0.25) is 0 Å². The first-order chi connectivity index (χ1) is 10.1. The molecule has 0 heterocycles. The van der Waals surface area contributed by atoms with Crippen molar-refractivity contribution in [1.29, 1.82) is 0 Å².